The van der Waals surface area contributed by atoms with Crippen molar-refractivity contribution >= 4 is 28.3 Å². The number of rotatable bonds is 3. The van der Waals surface area contributed by atoms with E-state index in [0.29, 0.717) is 37.2 Å². The summed E-state index contributed by atoms with van der Waals surface area (Å²) in [5.41, 5.74) is 1.46. The van der Waals surface area contributed by atoms with E-state index in [1.54, 1.807) is 35.8 Å². The number of aromatic nitrogens is 4. The lowest BCUT2D eigenvalue weighted by molar-refractivity contribution is -0.122. The topological polar surface area (TPSA) is 74.8 Å². The van der Waals surface area contributed by atoms with Gasteiger partial charge in [0.05, 0.1) is 29.8 Å². The van der Waals surface area contributed by atoms with Crippen molar-refractivity contribution < 1.29 is 9.18 Å². The molecule has 1 aliphatic rings. The Kier molecular flexibility index (Phi) is 4.13. The van der Waals surface area contributed by atoms with Gasteiger partial charge in [0.25, 0.3) is 0 Å². The highest BCUT2D eigenvalue weighted by molar-refractivity contribution is 6.02. The molecule has 0 aliphatic heterocycles. The summed E-state index contributed by atoms with van der Waals surface area (Å²) in [5.74, 6) is 0.263. The van der Waals surface area contributed by atoms with Crippen LogP contribution in [-0.2, 0) is 4.79 Å². The monoisotopic (exact) mass is 339 g/mol. The van der Waals surface area contributed by atoms with Crippen LogP contribution in [0.5, 0.6) is 0 Å². The van der Waals surface area contributed by atoms with Crippen molar-refractivity contribution in [2.75, 3.05) is 4.90 Å². The first kappa shape index (κ1) is 15.7. The SMILES string of the molecule is O=C(C1CCC(F)CC1)N(c1cccnc1)c1cc2cn[nH]c2cn1. The number of pyridine rings is 2. The zero-order valence-electron chi connectivity index (χ0n) is 13.6. The Hall–Kier alpha value is -2.83. The third-order valence-corrected chi connectivity index (χ3v) is 4.67. The average molecular weight is 339 g/mol. The third kappa shape index (κ3) is 3.09. The summed E-state index contributed by atoms with van der Waals surface area (Å²) in [5, 5.41) is 7.72. The molecule has 1 fully saturated rings. The minimum atomic E-state index is -0.795. The quantitative estimate of drug-likeness (QED) is 0.792. The molecule has 3 aromatic rings. The second-order valence-electron chi connectivity index (χ2n) is 6.33. The normalized spacial score (nSPS) is 20.5. The van der Waals surface area contributed by atoms with Crippen LogP contribution in [0.2, 0.25) is 0 Å². The Morgan fingerprint density at radius 3 is 2.80 bits per heavy atom. The van der Waals surface area contributed by atoms with Crippen LogP contribution in [0.15, 0.2) is 43.0 Å². The minimum absolute atomic E-state index is 0.0600. The van der Waals surface area contributed by atoms with Gasteiger partial charge in [-0.3, -0.25) is 19.8 Å². The van der Waals surface area contributed by atoms with Crippen LogP contribution in [-0.4, -0.2) is 32.2 Å². The van der Waals surface area contributed by atoms with Crippen LogP contribution in [0.25, 0.3) is 10.9 Å². The number of aromatic amines is 1. The second kappa shape index (κ2) is 6.58. The number of hydrogen-bond acceptors (Lipinski definition) is 4. The minimum Gasteiger partial charge on any atom is -0.276 e. The van der Waals surface area contributed by atoms with Gasteiger partial charge in [-0.2, -0.15) is 5.10 Å². The van der Waals surface area contributed by atoms with Crippen molar-refractivity contribution in [1.82, 2.24) is 20.2 Å². The lowest BCUT2D eigenvalue weighted by atomic mass is 9.87. The van der Waals surface area contributed by atoms with Gasteiger partial charge >= 0.3 is 0 Å². The number of hydrogen-bond donors (Lipinski definition) is 1. The number of halogens is 1. The first-order valence-electron chi connectivity index (χ1n) is 8.39. The summed E-state index contributed by atoms with van der Waals surface area (Å²) >= 11 is 0. The maximum Gasteiger partial charge on any atom is 0.235 e. The van der Waals surface area contributed by atoms with Gasteiger partial charge in [-0.1, -0.05) is 0 Å². The van der Waals surface area contributed by atoms with Crippen LogP contribution in [0, 0.1) is 5.92 Å². The number of anilines is 2. The fraction of sp³-hybridized carbons (Fsp3) is 0.333. The Morgan fingerprint density at radius 2 is 2.04 bits per heavy atom. The highest BCUT2D eigenvalue weighted by Gasteiger charge is 2.31. The van der Waals surface area contributed by atoms with Gasteiger partial charge in [0, 0.05) is 17.5 Å². The lowest BCUT2D eigenvalue weighted by Crippen LogP contribution is -2.35. The summed E-state index contributed by atoms with van der Waals surface area (Å²) in [6.07, 6.45) is 7.85. The van der Waals surface area contributed by atoms with Gasteiger partial charge in [0.2, 0.25) is 5.91 Å². The molecule has 0 saturated heterocycles. The Labute approximate surface area is 144 Å². The fourth-order valence-corrected chi connectivity index (χ4v) is 3.29. The number of carbonyl (C=O) groups excluding carboxylic acids is 1. The summed E-state index contributed by atoms with van der Waals surface area (Å²) in [6.45, 7) is 0. The molecule has 4 rings (SSSR count). The van der Waals surface area contributed by atoms with Crippen LogP contribution in [0.4, 0.5) is 15.9 Å². The number of carbonyl (C=O) groups is 1. The molecular weight excluding hydrogens is 321 g/mol. The number of amides is 1. The molecule has 0 spiro atoms. The number of nitrogens with zero attached hydrogens (tertiary/aromatic N) is 4. The molecule has 3 heterocycles. The van der Waals surface area contributed by atoms with Crippen LogP contribution in [0.1, 0.15) is 25.7 Å². The molecule has 25 heavy (non-hydrogen) atoms. The van der Waals surface area contributed by atoms with E-state index in [1.807, 2.05) is 12.1 Å². The van der Waals surface area contributed by atoms with Crippen molar-refractivity contribution in [3.63, 3.8) is 0 Å². The van der Waals surface area contributed by atoms with Crippen molar-refractivity contribution in [1.29, 1.82) is 0 Å². The molecule has 1 saturated carbocycles. The van der Waals surface area contributed by atoms with E-state index >= 15 is 0 Å². The molecule has 128 valence electrons. The summed E-state index contributed by atoms with van der Waals surface area (Å²) in [7, 11) is 0. The smallest absolute Gasteiger partial charge is 0.235 e. The van der Waals surface area contributed by atoms with Crippen molar-refractivity contribution in [3.05, 3.63) is 43.0 Å². The first-order valence-corrected chi connectivity index (χ1v) is 8.39. The molecule has 0 unspecified atom stereocenters. The van der Waals surface area contributed by atoms with Crippen molar-refractivity contribution in [3.8, 4) is 0 Å². The molecule has 7 heteroatoms. The Bertz CT molecular complexity index is 873. The lowest BCUT2D eigenvalue weighted by Gasteiger charge is -2.29. The number of fused-ring (bicyclic) bond motifs is 1. The molecule has 0 aromatic carbocycles. The number of nitrogens with one attached hydrogen (secondary N) is 1. The van der Waals surface area contributed by atoms with E-state index in [9.17, 15) is 9.18 Å². The molecule has 1 amide bonds. The van der Waals surface area contributed by atoms with E-state index in [4.69, 9.17) is 0 Å². The predicted molar refractivity (Wildman–Crippen MR) is 92.1 cm³/mol. The average Bonchev–Trinajstić information content (AvgIpc) is 3.11. The summed E-state index contributed by atoms with van der Waals surface area (Å²) in [6, 6.07) is 5.43. The first-order chi connectivity index (χ1) is 12.2. The van der Waals surface area contributed by atoms with Gasteiger partial charge in [-0.15, -0.1) is 0 Å². The fourth-order valence-electron chi connectivity index (χ4n) is 3.29. The molecule has 0 radical (unpaired) electrons. The van der Waals surface area contributed by atoms with Crippen LogP contribution in [0.3, 0.4) is 0 Å². The van der Waals surface area contributed by atoms with E-state index in [1.165, 1.54) is 0 Å². The summed E-state index contributed by atoms with van der Waals surface area (Å²) in [4.78, 5) is 23.3. The van der Waals surface area contributed by atoms with E-state index in [2.05, 4.69) is 20.2 Å². The van der Waals surface area contributed by atoms with Gasteiger partial charge in [-0.05, 0) is 43.9 Å². The van der Waals surface area contributed by atoms with Crippen LogP contribution < -0.4 is 4.90 Å². The van der Waals surface area contributed by atoms with Crippen molar-refractivity contribution in [2.45, 2.75) is 31.9 Å². The van der Waals surface area contributed by atoms with E-state index in [-0.39, 0.29) is 11.8 Å². The molecule has 1 aliphatic carbocycles. The van der Waals surface area contributed by atoms with Gasteiger partial charge in [0.1, 0.15) is 12.0 Å². The van der Waals surface area contributed by atoms with E-state index in [0.717, 1.165) is 10.9 Å². The maximum atomic E-state index is 13.4. The number of alkyl halides is 1. The molecule has 1 N–H and O–H groups in total. The van der Waals surface area contributed by atoms with E-state index < -0.39 is 6.17 Å². The standard InChI is InChI=1S/C18H18FN5O/c19-14-5-3-12(4-6-14)18(25)24(15-2-1-7-20-10-15)17-8-13-9-22-23-16(13)11-21-17/h1-2,7-12,14H,3-6H2,(H,22,23). The van der Waals surface area contributed by atoms with Crippen LogP contribution >= 0.6 is 0 Å². The predicted octanol–water partition coefficient (Wildman–Crippen LogP) is 3.55. The molecule has 3 aromatic heterocycles. The number of H-pyrrole nitrogens is 1. The zero-order valence-corrected chi connectivity index (χ0v) is 13.6. The zero-order chi connectivity index (χ0) is 17.2. The second-order valence-corrected chi connectivity index (χ2v) is 6.33. The molecule has 0 bridgehead atoms. The largest absolute Gasteiger partial charge is 0.276 e. The van der Waals surface area contributed by atoms with Gasteiger partial charge in [0.15, 0.2) is 0 Å². The van der Waals surface area contributed by atoms with Crippen molar-refractivity contribution in [2.24, 2.45) is 5.92 Å². The summed E-state index contributed by atoms with van der Waals surface area (Å²) < 4.78 is 13.4. The highest BCUT2D eigenvalue weighted by atomic mass is 19.1. The molecular formula is C18H18FN5O. The molecule has 0 atom stereocenters. The molecule has 6 nitrogen and oxygen atoms in total. The van der Waals surface area contributed by atoms with Gasteiger partial charge < -0.3 is 0 Å². The maximum absolute atomic E-state index is 13.4. The Balaban J connectivity index is 1.72. The Morgan fingerprint density at radius 1 is 1.20 bits per heavy atom. The third-order valence-electron chi connectivity index (χ3n) is 4.67. The van der Waals surface area contributed by atoms with Gasteiger partial charge in [-0.25, -0.2) is 9.37 Å². The highest BCUT2D eigenvalue weighted by Crippen LogP contribution is 2.33.